The van der Waals surface area contributed by atoms with Crippen molar-refractivity contribution in [2.45, 2.75) is 10.9 Å². The van der Waals surface area contributed by atoms with Gasteiger partial charge in [-0.25, -0.2) is 4.98 Å². The molecule has 0 fully saturated rings. The first-order valence-corrected chi connectivity index (χ1v) is 6.86. The van der Waals surface area contributed by atoms with Crippen LogP contribution in [0.5, 0.6) is 0 Å². The Morgan fingerprint density at radius 3 is 2.78 bits per heavy atom. The monoisotopic (exact) mass is 326 g/mol. The van der Waals surface area contributed by atoms with Crippen LogP contribution in [-0.2, 0) is 5.75 Å². The lowest BCUT2D eigenvalue weighted by molar-refractivity contribution is 0.945. The Kier molecular flexibility index (Phi) is 3.93. The highest BCUT2D eigenvalue weighted by atomic mass is 79.9. The minimum absolute atomic E-state index is 0.213. The molecular formula is C11H11BrN4OS. The number of hydrogen-bond donors (Lipinski definition) is 3. The van der Waals surface area contributed by atoms with Gasteiger partial charge >= 0.3 is 0 Å². The summed E-state index contributed by atoms with van der Waals surface area (Å²) in [5.74, 6) is 0.830. The number of nitrogens with zero attached hydrogens (tertiary/aromatic N) is 1. The Labute approximate surface area is 116 Å². The Bertz CT molecular complexity index is 629. The third-order valence-electron chi connectivity index (χ3n) is 2.21. The molecule has 7 heteroatoms. The lowest BCUT2D eigenvalue weighted by atomic mass is 10.2. The predicted octanol–water partition coefficient (Wildman–Crippen LogP) is 1.99. The first-order valence-electron chi connectivity index (χ1n) is 5.08. The van der Waals surface area contributed by atoms with Gasteiger partial charge in [-0.05, 0) is 17.7 Å². The van der Waals surface area contributed by atoms with E-state index < -0.39 is 0 Å². The minimum Gasteiger partial charge on any atom is -0.398 e. The summed E-state index contributed by atoms with van der Waals surface area (Å²) < 4.78 is 0.934. The fraction of sp³-hybridized carbons (Fsp3) is 0.0909. The van der Waals surface area contributed by atoms with E-state index in [0.29, 0.717) is 16.6 Å². The number of H-pyrrole nitrogens is 1. The maximum absolute atomic E-state index is 11.2. The highest BCUT2D eigenvalue weighted by molar-refractivity contribution is 9.10. The summed E-state index contributed by atoms with van der Waals surface area (Å²) in [5.41, 5.74) is 12.8. The highest BCUT2D eigenvalue weighted by Crippen LogP contribution is 2.25. The molecule has 0 aliphatic heterocycles. The van der Waals surface area contributed by atoms with Crippen molar-refractivity contribution in [3.8, 4) is 0 Å². The van der Waals surface area contributed by atoms with Gasteiger partial charge < -0.3 is 16.5 Å². The number of nitrogens with two attached hydrogens (primary N) is 2. The number of aromatic nitrogens is 2. The van der Waals surface area contributed by atoms with Gasteiger partial charge in [0.25, 0.3) is 5.56 Å². The first-order chi connectivity index (χ1) is 8.54. The SMILES string of the molecule is Nc1cc(=O)[nH]c(SCc2ccc(Br)cc2N)n1. The van der Waals surface area contributed by atoms with Gasteiger partial charge in [0.2, 0.25) is 0 Å². The second-order valence-corrected chi connectivity index (χ2v) is 5.49. The Balaban J connectivity index is 2.13. The molecule has 0 atom stereocenters. The van der Waals surface area contributed by atoms with E-state index in [1.807, 2.05) is 18.2 Å². The summed E-state index contributed by atoms with van der Waals surface area (Å²) in [5, 5.41) is 0.488. The minimum atomic E-state index is -0.256. The maximum atomic E-state index is 11.2. The van der Waals surface area contributed by atoms with Gasteiger partial charge in [-0.2, -0.15) is 0 Å². The molecule has 0 spiro atoms. The predicted molar refractivity (Wildman–Crippen MR) is 77.4 cm³/mol. The average Bonchev–Trinajstić information content (AvgIpc) is 2.26. The Hall–Kier alpha value is -1.47. The number of anilines is 2. The quantitative estimate of drug-likeness (QED) is 0.455. The van der Waals surface area contributed by atoms with E-state index in [4.69, 9.17) is 11.5 Å². The number of aromatic amines is 1. The van der Waals surface area contributed by atoms with E-state index in [1.54, 1.807) is 0 Å². The summed E-state index contributed by atoms with van der Waals surface area (Å²) in [6.07, 6.45) is 0. The topological polar surface area (TPSA) is 97.8 Å². The second-order valence-electron chi connectivity index (χ2n) is 3.61. The summed E-state index contributed by atoms with van der Waals surface area (Å²) in [6, 6.07) is 6.93. The molecule has 18 heavy (non-hydrogen) atoms. The molecule has 0 aliphatic rings. The molecule has 2 aromatic rings. The van der Waals surface area contributed by atoms with E-state index in [-0.39, 0.29) is 11.4 Å². The molecule has 0 saturated carbocycles. The first kappa shape index (κ1) is 13.0. The third kappa shape index (κ3) is 3.27. The van der Waals surface area contributed by atoms with Crippen molar-refractivity contribution >= 4 is 39.2 Å². The lowest BCUT2D eigenvalue weighted by Gasteiger charge is -2.05. The largest absolute Gasteiger partial charge is 0.398 e. The number of nitrogens with one attached hydrogen (secondary N) is 1. The van der Waals surface area contributed by atoms with E-state index >= 15 is 0 Å². The molecule has 2 rings (SSSR count). The molecule has 1 aromatic heterocycles. The summed E-state index contributed by atoms with van der Waals surface area (Å²) in [7, 11) is 0. The van der Waals surface area contributed by atoms with Gasteiger partial charge in [0, 0.05) is 22.0 Å². The zero-order valence-corrected chi connectivity index (χ0v) is 11.7. The summed E-state index contributed by atoms with van der Waals surface area (Å²) in [6.45, 7) is 0. The van der Waals surface area contributed by atoms with Crippen molar-refractivity contribution in [3.05, 3.63) is 44.7 Å². The number of hydrogen-bond acceptors (Lipinski definition) is 5. The van der Waals surface area contributed by atoms with Crippen molar-refractivity contribution in [2.24, 2.45) is 0 Å². The number of benzene rings is 1. The van der Waals surface area contributed by atoms with E-state index in [2.05, 4.69) is 25.9 Å². The molecule has 0 bridgehead atoms. The average molecular weight is 327 g/mol. The normalized spacial score (nSPS) is 10.5. The molecule has 1 aromatic carbocycles. The fourth-order valence-corrected chi connectivity index (χ4v) is 2.64. The smallest absolute Gasteiger partial charge is 0.253 e. The van der Waals surface area contributed by atoms with Crippen molar-refractivity contribution in [1.29, 1.82) is 0 Å². The number of halogens is 1. The van der Waals surface area contributed by atoms with Gasteiger partial charge in [0.15, 0.2) is 5.16 Å². The standard InChI is InChI=1S/C11H11BrN4OS/c12-7-2-1-6(8(13)3-7)5-18-11-15-9(14)4-10(17)16-11/h1-4H,5,13H2,(H3,14,15,16,17). The molecule has 5 N–H and O–H groups in total. The maximum Gasteiger partial charge on any atom is 0.253 e. The van der Waals surface area contributed by atoms with Crippen molar-refractivity contribution in [2.75, 3.05) is 11.5 Å². The molecule has 0 amide bonds. The lowest BCUT2D eigenvalue weighted by Crippen LogP contribution is -2.09. The summed E-state index contributed by atoms with van der Waals surface area (Å²) >= 11 is 4.73. The summed E-state index contributed by atoms with van der Waals surface area (Å²) in [4.78, 5) is 17.9. The molecule has 0 unspecified atom stereocenters. The molecule has 0 radical (unpaired) electrons. The van der Waals surface area contributed by atoms with Crippen LogP contribution in [0.25, 0.3) is 0 Å². The molecule has 0 saturated heterocycles. The highest BCUT2D eigenvalue weighted by Gasteiger charge is 2.04. The van der Waals surface area contributed by atoms with Gasteiger partial charge in [0.05, 0.1) is 0 Å². The fourth-order valence-electron chi connectivity index (χ4n) is 1.36. The van der Waals surface area contributed by atoms with Crippen LogP contribution in [-0.4, -0.2) is 9.97 Å². The molecule has 94 valence electrons. The Morgan fingerprint density at radius 2 is 2.11 bits per heavy atom. The Morgan fingerprint density at radius 1 is 1.33 bits per heavy atom. The van der Waals surface area contributed by atoms with Crippen LogP contribution in [0.4, 0.5) is 11.5 Å². The van der Waals surface area contributed by atoms with Crippen LogP contribution in [0.2, 0.25) is 0 Å². The van der Waals surface area contributed by atoms with Crippen LogP contribution in [0.1, 0.15) is 5.56 Å². The number of nitrogen functional groups attached to an aromatic ring is 2. The molecule has 5 nitrogen and oxygen atoms in total. The number of thioether (sulfide) groups is 1. The van der Waals surface area contributed by atoms with Crippen LogP contribution in [0, 0.1) is 0 Å². The van der Waals surface area contributed by atoms with Crippen molar-refractivity contribution < 1.29 is 0 Å². The number of rotatable bonds is 3. The van der Waals surface area contributed by atoms with E-state index in [9.17, 15) is 4.79 Å². The molecule has 0 aliphatic carbocycles. The van der Waals surface area contributed by atoms with Crippen LogP contribution in [0.15, 0.2) is 38.7 Å². The van der Waals surface area contributed by atoms with Crippen LogP contribution >= 0.6 is 27.7 Å². The van der Waals surface area contributed by atoms with E-state index in [1.165, 1.54) is 17.8 Å². The van der Waals surface area contributed by atoms with Crippen LogP contribution in [0.3, 0.4) is 0 Å². The van der Waals surface area contributed by atoms with Crippen LogP contribution < -0.4 is 17.0 Å². The van der Waals surface area contributed by atoms with Crippen molar-refractivity contribution in [1.82, 2.24) is 9.97 Å². The van der Waals surface area contributed by atoms with Gasteiger partial charge in [-0.15, -0.1) is 0 Å². The zero-order chi connectivity index (χ0) is 13.1. The van der Waals surface area contributed by atoms with Crippen molar-refractivity contribution in [3.63, 3.8) is 0 Å². The third-order valence-corrected chi connectivity index (χ3v) is 3.63. The van der Waals surface area contributed by atoms with Gasteiger partial charge in [-0.3, -0.25) is 4.79 Å². The van der Waals surface area contributed by atoms with E-state index in [0.717, 1.165) is 10.0 Å². The second kappa shape index (κ2) is 5.45. The molecular weight excluding hydrogens is 316 g/mol. The van der Waals surface area contributed by atoms with Gasteiger partial charge in [0.1, 0.15) is 5.82 Å². The zero-order valence-electron chi connectivity index (χ0n) is 9.31. The van der Waals surface area contributed by atoms with Gasteiger partial charge in [-0.1, -0.05) is 33.8 Å². The molecule has 1 heterocycles.